The van der Waals surface area contributed by atoms with Crippen LogP contribution < -0.4 is 5.32 Å². The quantitative estimate of drug-likeness (QED) is 0.539. The molecule has 1 rings (SSSR count). The molecule has 6 heteroatoms. The Kier molecular flexibility index (Phi) is 4.34. The van der Waals surface area contributed by atoms with E-state index < -0.39 is 12.0 Å². The van der Waals surface area contributed by atoms with Crippen LogP contribution in [0.15, 0.2) is 23.6 Å². The highest BCUT2D eigenvalue weighted by atomic mass is 32.2. The molecule has 76 valence electrons. The van der Waals surface area contributed by atoms with Crippen molar-refractivity contribution in [2.24, 2.45) is 0 Å². The molecule has 0 aromatic carbocycles. The van der Waals surface area contributed by atoms with Crippen LogP contribution in [0.2, 0.25) is 0 Å². The third-order valence-electron chi connectivity index (χ3n) is 1.60. The lowest BCUT2D eigenvalue weighted by molar-refractivity contribution is -0.138. The van der Waals surface area contributed by atoms with E-state index in [-0.39, 0.29) is 0 Å². The van der Waals surface area contributed by atoms with E-state index in [0.29, 0.717) is 5.75 Å². The van der Waals surface area contributed by atoms with Gasteiger partial charge in [0.05, 0.1) is 5.03 Å². The molecule has 14 heavy (non-hydrogen) atoms. The van der Waals surface area contributed by atoms with Gasteiger partial charge < -0.3 is 10.4 Å². The van der Waals surface area contributed by atoms with Gasteiger partial charge in [0.2, 0.25) is 0 Å². The molecule has 1 atom stereocenters. The Hall–Kier alpha value is -1.14. The average Bonchev–Trinajstić information content (AvgIpc) is 2.20. The molecule has 0 fully saturated rings. The maximum Gasteiger partial charge on any atom is 0.321 e. The summed E-state index contributed by atoms with van der Waals surface area (Å²) >= 11 is 1.39. The second kappa shape index (κ2) is 5.56. The van der Waals surface area contributed by atoms with Gasteiger partial charge in [0.15, 0.2) is 0 Å². The number of carbonyl (C=O) groups is 1. The molecule has 0 bridgehead atoms. The number of nitrogens with zero attached hydrogens (tertiary/aromatic N) is 2. The number of aromatic nitrogens is 2. The van der Waals surface area contributed by atoms with Crippen LogP contribution in [-0.4, -0.2) is 39.9 Å². The number of aliphatic carboxylic acids is 1. The van der Waals surface area contributed by atoms with Gasteiger partial charge in [-0.2, -0.15) is 0 Å². The topological polar surface area (TPSA) is 75.1 Å². The summed E-state index contributed by atoms with van der Waals surface area (Å²) in [5.41, 5.74) is 0. The fourth-order valence-corrected chi connectivity index (χ4v) is 1.74. The Balaban J connectivity index is 2.44. The van der Waals surface area contributed by atoms with E-state index in [2.05, 4.69) is 15.3 Å². The first kappa shape index (κ1) is 10.9. The third kappa shape index (κ3) is 3.31. The van der Waals surface area contributed by atoms with E-state index in [4.69, 9.17) is 5.11 Å². The minimum Gasteiger partial charge on any atom is -0.480 e. The predicted octanol–water partition coefficient (Wildman–Crippen LogP) is 0.241. The van der Waals surface area contributed by atoms with Crippen molar-refractivity contribution in [3.63, 3.8) is 0 Å². The SMILES string of the molecule is CNC(CSc1ccncn1)C(=O)O. The maximum atomic E-state index is 10.6. The zero-order valence-corrected chi connectivity index (χ0v) is 8.49. The van der Waals surface area contributed by atoms with Crippen LogP contribution in [0.3, 0.4) is 0 Å². The van der Waals surface area contributed by atoms with Gasteiger partial charge in [-0.3, -0.25) is 4.79 Å². The second-order valence-corrected chi connectivity index (χ2v) is 3.58. The Morgan fingerprint density at radius 2 is 2.57 bits per heavy atom. The molecule has 1 heterocycles. The zero-order valence-electron chi connectivity index (χ0n) is 7.67. The van der Waals surface area contributed by atoms with Crippen molar-refractivity contribution in [1.82, 2.24) is 15.3 Å². The van der Waals surface area contributed by atoms with Gasteiger partial charge in [-0.25, -0.2) is 9.97 Å². The van der Waals surface area contributed by atoms with Crippen molar-refractivity contribution < 1.29 is 9.90 Å². The molecule has 0 saturated heterocycles. The van der Waals surface area contributed by atoms with Crippen LogP contribution in [0.25, 0.3) is 0 Å². The summed E-state index contributed by atoms with van der Waals surface area (Å²) in [4.78, 5) is 18.4. The smallest absolute Gasteiger partial charge is 0.321 e. The number of nitrogens with one attached hydrogen (secondary N) is 1. The fourth-order valence-electron chi connectivity index (χ4n) is 0.811. The predicted molar refractivity (Wildman–Crippen MR) is 53.2 cm³/mol. The van der Waals surface area contributed by atoms with Gasteiger partial charge in [-0.1, -0.05) is 0 Å². The average molecular weight is 213 g/mol. The molecule has 0 aliphatic rings. The van der Waals surface area contributed by atoms with Crippen LogP contribution in [0.4, 0.5) is 0 Å². The Morgan fingerprint density at radius 1 is 1.79 bits per heavy atom. The first-order chi connectivity index (χ1) is 6.74. The number of hydrogen-bond donors (Lipinski definition) is 2. The summed E-state index contributed by atoms with van der Waals surface area (Å²) < 4.78 is 0. The summed E-state index contributed by atoms with van der Waals surface area (Å²) in [6, 6.07) is 1.20. The standard InChI is InChI=1S/C8H11N3O2S/c1-9-6(8(12)13)4-14-7-2-3-10-5-11-7/h2-3,5-6,9H,4H2,1H3,(H,12,13). The largest absolute Gasteiger partial charge is 0.480 e. The van der Waals surface area contributed by atoms with E-state index in [0.717, 1.165) is 5.03 Å². The van der Waals surface area contributed by atoms with Gasteiger partial charge in [0, 0.05) is 11.9 Å². The summed E-state index contributed by atoms with van der Waals surface area (Å²) in [5.74, 6) is -0.405. The molecule has 0 amide bonds. The summed E-state index contributed by atoms with van der Waals surface area (Å²) in [5, 5.41) is 12.2. The van der Waals surface area contributed by atoms with Gasteiger partial charge >= 0.3 is 5.97 Å². The van der Waals surface area contributed by atoms with Crippen LogP contribution in [-0.2, 0) is 4.79 Å². The first-order valence-electron chi connectivity index (χ1n) is 4.03. The van der Waals surface area contributed by atoms with E-state index in [1.54, 1.807) is 19.3 Å². The number of carboxylic acid groups (broad SMARTS) is 1. The number of likely N-dealkylation sites (N-methyl/N-ethyl adjacent to an activating group) is 1. The van der Waals surface area contributed by atoms with Crippen LogP contribution >= 0.6 is 11.8 Å². The normalized spacial score (nSPS) is 12.4. The number of carboxylic acids is 1. The highest BCUT2D eigenvalue weighted by molar-refractivity contribution is 7.99. The fraction of sp³-hybridized carbons (Fsp3) is 0.375. The van der Waals surface area contributed by atoms with Crippen molar-refractivity contribution in [3.8, 4) is 0 Å². The number of rotatable bonds is 5. The van der Waals surface area contributed by atoms with Crippen molar-refractivity contribution in [2.75, 3.05) is 12.8 Å². The van der Waals surface area contributed by atoms with Gasteiger partial charge in [-0.05, 0) is 13.1 Å². The van der Waals surface area contributed by atoms with E-state index >= 15 is 0 Å². The Labute approximate surface area is 86.0 Å². The van der Waals surface area contributed by atoms with Gasteiger partial charge in [-0.15, -0.1) is 11.8 Å². The Morgan fingerprint density at radius 3 is 3.07 bits per heavy atom. The molecule has 0 aliphatic heterocycles. The summed E-state index contributed by atoms with van der Waals surface area (Å²) in [6.45, 7) is 0. The lowest BCUT2D eigenvalue weighted by Crippen LogP contribution is -2.35. The molecule has 1 unspecified atom stereocenters. The molecule has 2 N–H and O–H groups in total. The minimum atomic E-state index is -0.853. The van der Waals surface area contributed by atoms with Crippen LogP contribution in [0, 0.1) is 0 Å². The highest BCUT2D eigenvalue weighted by Gasteiger charge is 2.14. The number of hydrogen-bond acceptors (Lipinski definition) is 5. The highest BCUT2D eigenvalue weighted by Crippen LogP contribution is 2.14. The van der Waals surface area contributed by atoms with Crippen LogP contribution in [0.5, 0.6) is 0 Å². The molecule has 0 radical (unpaired) electrons. The second-order valence-electron chi connectivity index (χ2n) is 2.54. The molecule has 5 nitrogen and oxygen atoms in total. The van der Waals surface area contributed by atoms with E-state index in [9.17, 15) is 4.79 Å². The molecule has 1 aromatic rings. The first-order valence-corrected chi connectivity index (χ1v) is 5.01. The van der Waals surface area contributed by atoms with Crippen molar-refractivity contribution in [1.29, 1.82) is 0 Å². The molecule has 1 aromatic heterocycles. The van der Waals surface area contributed by atoms with Gasteiger partial charge in [0.25, 0.3) is 0 Å². The van der Waals surface area contributed by atoms with Crippen molar-refractivity contribution >= 4 is 17.7 Å². The minimum absolute atomic E-state index is 0.447. The summed E-state index contributed by atoms with van der Waals surface area (Å²) in [6.07, 6.45) is 3.07. The van der Waals surface area contributed by atoms with E-state index in [1.165, 1.54) is 18.1 Å². The molecule has 0 aliphatic carbocycles. The monoisotopic (exact) mass is 213 g/mol. The number of thioether (sulfide) groups is 1. The molecule has 0 saturated carbocycles. The molecule has 0 spiro atoms. The zero-order chi connectivity index (χ0) is 10.4. The van der Waals surface area contributed by atoms with Gasteiger partial charge in [0.1, 0.15) is 12.4 Å². The third-order valence-corrected chi connectivity index (χ3v) is 2.64. The molecular formula is C8H11N3O2S. The maximum absolute atomic E-state index is 10.6. The van der Waals surface area contributed by atoms with Crippen molar-refractivity contribution in [2.45, 2.75) is 11.1 Å². The lowest BCUT2D eigenvalue weighted by Gasteiger charge is -2.09. The summed E-state index contributed by atoms with van der Waals surface area (Å²) in [7, 11) is 1.62. The molecular weight excluding hydrogens is 202 g/mol. The van der Waals surface area contributed by atoms with E-state index in [1.807, 2.05) is 0 Å². The van der Waals surface area contributed by atoms with Crippen molar-refractivity contribution in [3.05, 3.63) is 18.6 Å². The van der Waals surface area contributed by atoms with Crippen LogP contribution in [0.1, 0.15) is 0 Å². The lowest BCUT2D eigenvalue weighted by atomic mass is 10.3. The Bertz CT molecular complexity index is 294.